The molecule has 198 valence electrons. The van der Waals surface area contributed by atoms with Crippen molar-refractivity contribution in [1.82, 2.24) is 0 Å². The van der Waals surface area contributed by atoms with E-state index in [2.05, 4.69) is 97.5 Å². The Morgan fingerprint density at radius 2 is 1.41 bits per heavy atom. The summed E-state index contributed by atoms with van der Waals surface area (Å²) in [6.07, 6.45) is 15.1. The van der Waals surface area contributed by atoms with E-state index in [-0.39, 0.29) is 0 Å². The van der Waals surface area contributed by atoms with Crippen LogP contribution in [-0.2, 0) is 7.05 Å². The predicted octanol–water partition coefficient (Wildman–Crippen LogP) is 9.91. The van der Waals surface area contributed by atoms with Crippen LogP contribution < -0.4 is 4.57 Å². The van der Waals surface area contributed by atoms with Gasteiger partial charge in [-0.1, -0.05) is 86.7 Å². The lowest BCUT2D eigenvalue weighted by molar-refractivity contribution is -0.660. The third-order valence-corrected chi connectivity index (χ3v) is 9.97. The van der Waals surface area contributed by atoms with Gasteiger partial charge in [0.05, 0.1) is 5.56 Å². The third kappa shape index (κ3) is 4.48. The second kappa shape index (κ2) is 10.3. The van der Waals surface area contributed by atoms with Crippen LogP contribution in [0.3, 0.4) is 0 Å². The zero-order valence-electron chi connectivity index (χ0n) is 23.5. The van der Waals surface area contributed by atoms with Crippen molar-refractivity contribution in [2.75, 3.05) is 0 Å². The lowest BCUT2D eigenvalue weighted by Crippen LogP contribution is -2.30. The average molecular weight is 515 g/mol. The number of hydrogen-bond donors (Lipinski definition) is 0. The molecule has 0 unspecified atom stereocenters. The quantitative estimate of drug-likeness (QED) is 0.218. The normalized spacial score (nSPS) is 20.6. The highest BCUT2D eigenvalue weighted by molar-refractivity contribution is 6.13. The van der Waals surface area contributed by atoms with Crippen molar-refractivity contribution in [3.05, 3.63) is 90.1 Å². The summed E-state index contributed by atoms with van der Waals surface area (Å²) in [4.78, 5) is 0. The lowest BCUT2D eigenvalue weighted by Gasteiger charge is -2.36. The van der Waals surface area contributed by atoms with Crippen molar-refractivity contribution in [3.8, 4) is 22.4 Å². The molecule has 0 aliphatic heterocycles. The summed E-state index contributed by atoms with van der Waals surface area (Å²) >= 11 is 0. The van der Waals surface area contributed by atoms with Crippen LogP contribution in [-0.4, -0.2) is 0 Å². The van der Waals surface area contributed by atoms with Gasteiger partial charge in [0.15, 0.2) is 6.20 Å². The van der Waals surface area contributed by atoms with Gasteiger partial charge in [0.1, 0.15) is 18.2 Å². The van der Waals surface area contributed by atoms with E-state index in [0.29, 0.717) is 0 Å². The molecule has 0 spiro atoms. The largest absolute Gasteiger partial charge is 0.454 e. The molecule has 0 radical (unpaired) electrons. The summed E-state index contributed by atoms with van der Waals surface area (Å²) in [5.74, 6) is 2.72. The van der Waals surface area contributed by atoms with Gasteiger partial charge in [-0.3, -0.25) is 0 Å². The summed E-state index contributed by atoms with van der Waals surface area (Å²) in [5.41, 5.74) is 9.48. The Balaban J connectivity index is 1.19. The molecule has 2 aliphatic carbocycles. The van der Waals surface area contributed by atoms with Crippen molar-refractivity contribution in [3.63, 3.8) is 0 Å². The van der Waals surface area contributed by atoms with Gasteiger partial charge in [-0.2, -0.15) is 0 Å². The van der Waals surface area contributed by atoms with Gasteiger partial charge in [-0.25, -0.2) is 4.57 Å². The van der Waals surface area contributed by atoms with Gasteiger partial charge >= 0.3 is 0 Å². The van der Waals surface area contributed by atoms with E-state index in [1.54, 1.807) is 0 Å². The summed E-state index contributed by atoms with van der Waals surface area (Å²) in [6, 6.07) is 26.8. The minimum absolute atomic E-state index is 0.720. The fourth-order valence-electron chi connectivity index (χ4n) is 7.75. The van der Waals surface area contributed by atoms with E-state index in [1.165, 1.54) is 102 Å². The highest BCUT2D eigenvalue weighted by Gasteiger charge is 2.29. The molecule has 5 aromatic rings. The van der Waals surface area contributed by atoms with Gasteiger partial charge < -0.3 is 4.42 Å². The van der Waals surface area contributed by atoms with E-state index in [4.69, 9.17) is 4.42 Å². The summed E-state index contributed by atoms with van der Waals surface area (Å²) in [5, 5.41) is 2.37. The van der Waals surface area contributed by atoms with Crippen molar-refractivity contribution in [2.24, 2.45) is 18.9 Å². The minimum Gasteiger partial charge on any atom is -0.454 e. The second-order valence-corrected chi connectivity index (χ2v) is 12.2. The number of pyridine rings is 1. The molecule has 0 saturated heterocycles. The fraction of sp³-hybridized carbons (Fsp3) is 0.378. The standard InChI is InChI=1S/C37H40NO/c1-25-14-23-33-32-12-8-11-31(36(32)39-37(33)35(25)34-13-6-7-24-38(34)2)30-21-19-29(20-22-30)28-17-15-27(16-18-28)26-9-4-3-5-10-26/h6-8,11-14,19-24,26-28H,3-5,9-10,15-18H2,1-2H3/q+1. The summed E-state index contributed by atoms with van der Waals surface area (Å²) < 4.78 is 8.94. The molecule has 0 bridgehead atoms. The summed E-state index contributed by atoms with van der Waals surface area (Å²) in [6.45, 7) is 2.18. The van der Waals surface area contributed by atoms with Crippen molar-refractivity contribution >= 4 is 21.9 Å². The topological polar surface area (TPSA) is 17.0 Å². The molecule has 2 aliphatic rings. The Labute approximate surface area is 232 Å². The molecule has 0 amide bonds. The van der Waals surface area contributed by atoms with E-state index in [9.17, 15) is 0 Å². The molecule has 0 atom stereocenters. The first kappa shape index (κ1) is 24.6. The first-order valence-corrected chi connectivity index (χ1v) is 15.2. The Morgan fingerprint density at radius 3 is 2.18 bits per heavy atom. The SMILES string of the molecule is Cc1ccc2c(oc3c(-c4ccc(C5CCC(C6CCCCC6)CC5)cc4)cccc32)c1-c1cccc[n+]1C. The minimum atomic E-state index is 0.720. The maximum Gasteiger partial charge on any atom is 0.216 e. The number of aryl methyl sites for hydroxylation is 2. The van der Waals surface area contributed by atoms with Crippen LogP contribution in [0.25, 0.3) is 44.3 Å². The lowest BCUT2D eigenvalue weighted by atomic mass is 9.70. The molecule has 2 aromatic heterocycles. The van der Waals surface area contributed by atoms with Crippen molar-refractivity contribution in [2.45, 2.75) is 70.6 Å². The van der Waals surface area contributed by atoms with E-state index in [1.807, 2.05) is 0 Å². The van der Waals surface area contributed by atoms with Crippen LogP contribution in [0.5, 0.6) is 0 Å². The van der Waals surface area contributed by atoms with Crippen LogP contribution in [0.4, 0.5) is 0 Å². The molecule has 2 fully saturated rings. The number of aromatic nitrogens is 1. The number of para-hydroxylation sites is 1. The van der Waals surface area contributed by atoms with Gasteiger partial charge in [0.2, 0.25) is 5.69 Å². The number of nitrogens with zero attached hydrogens (tertiary/aromatic N) is 1. The average Bonchev–Trinajstić information content (AvgIpc) is 3.37. The molecular formula is C37H40NO+. The number of benzene rings is 3. The van der Waals surface area contributed by atoms with E-state index < -0.39 is 0 Å². The smallest absolute Gasteiger partial charge is 0.216 e. The second-order valence-electron chi connectivity index (χ2n) is 12.2. The van der Waals surface area contributed by atoms with Gasteiger partial charge in [0, 0.05) is 28.5 Å². The number of rotatable bonds is 4. The Bertz CT molecular complexity index is 1610. The monoisotopic (exact) mass is 514 g/mol. The Hall–Kier alpha value is -3.39. The van der Waals surface area contributed by atoms with Crippen molar-refractivity contribution in [1.29, 1.82) is 0 Å². The van der Waals surface area contributed by atoms with Crippen LogP contribution >= 0.6 is 0 Å². The molecule has 2 heterocycles. The highest BCUT2D eigenvalue weighted by atomic mass is 16.3. The molecule has 2 heteroatoms. The number of furan rings is 1. The maximum absolute atomic E-state index is 6.76. The van der Waals surface area contributed by atoms with Gasteiger partial charge in [-0.15, -0.1) is 0 Å². The van der Waals surface area contributed by atoms with Crippen LogP contribution in [0.2, 0.25) is 0 Å². The Kier molecular flexibility index (Phi) is 6.51. The third-order valence-electron chi connectivity index (χ3n) is 9.97. The van der Waals surface area contributed by atoms with Crippen LogP contribution in [0, 0.1) is 18.8 Å². The molecule has 3 aromatic carbocycles. The van der Waals surface area contributed by atoms with Crippen LogP contribution in [0.15, 0.2) is 83.4 Å². The van der Waals surface area contributed by atoms with Crippen molar-refractivity contribution < 1.29 is 8.98 Å². The Morgan fingerprint density at radius 1 is 0.667 bits per heavy atom. The first-order chi connectivity index (χ1) is 19.2. The van der Waals surface area contributed by atoms with Crippen LogP contribution in [0.1, 0.15) is 74.8 Å². The summed E-state index contributed by atoms with van der Waals surface area (Å²) in [7, 11) is 2.10. The van der Waals surface area contributed by atoms with E-state index >= 15 is 0 Å². The van der Waals surface area contributed by atoms with E-state index in [0.717, 1.165) is 28.9 Å². The zero-order valence-corrected chi connectivity index (χ0v) is 23.5. The molecular weight excluding hydrogens is 474 g/mol. The molecule has 39 heavy (non-hydrogen) atoms. The molecule has 2 saturated carbocycles. The number of fused-ring (bicyclic) bond motifs is 3. The zero-order chi connectivity index (χ0) is 26.3. The molecule has 7 rings (SSSR count). The van der Waals surface area contributed by atoms with Gasteiger partial charge in [0.25, 0.3) is 0 Å². The first-order valence-electron chi connectivity index (χ1n) is 15.2. The number of hydrogen-bond acceptors (Lipinski definition) is 1. The molecule has 0 N–H and O–H groups in total. The van der Waals surface area contributed by atoms with Gasteiger partial charge in [-0.05, 0) is 73.1 Å². The fourth-order valence-corrected chi connectivity index (χ4v) is 7.75. The predicted molar refractivity (Wildman–Crippen MR) is 162 cm³/mol. The highest BCUT2D eigenvalue weighted by Crippen LogP contribution is 2.44. The molecule has 2 nitrogen and oxygen atoms in total. The maximum atomic E-state index is 6.76.